The second kappa shape index (κ2) is 5.55. The van der Waals surface area contributed by atoms with Crippen molar-refractivity contribution >= 4 is 15.9 Å². The Kier molecular flexibility index (Phi) is 4.04. The second-order valence-electron chi connectivity index (χ2n) is 4.37. The van der Waals surface area contributed by atoms with Crippen molar-refractivity contribution in [1.29, 1.82) is 0 Å². The molecular weight excluding hydrogens is 290 g/mol. The highest BCUT2D eigenvalue weighted by Gasteiger charge is 2.04. The van der Waals surface area contributed by atoms with Crippen LogP contribution in [0.2, 0.25) is 0 Å². The highest BCUT2D eigenvalue weighted by molar-refractivity contribution is 9.10. The van der Waals surface area contributed by atoms with E-state index in [1.807, 2.05) is 56.3 Å². The molecule has 0 amide bonds. The van der Waals surface area contributed by atoms with Gasteiger partial charge in [0.2, 0.25) is 0 Å². The molecule has 0 saturated carbocycles. The molecule has 3 heteroatoms. The summed E-state index contributed by atoms with van der Waals surface area (Å²) in [6.07, 6.45) is 0. The van der Waals surface area contributed by atoms with Gasteiger partial charge in [-0.3, -0.25) is 0 Å². The molecule has 18 heavy (non-hydrogen) atoms. The fraction of sp³-hybridized carbons (Fsp3) is 0.200. The first-order valence-corrected chi connectivity index (χ1v) is 6.65. The standard InChI is InChI=1S/C15H16BrNO/c1-10-3-6-13(16)9-15(10)18-14-7-4-12(5-8-14)11(2)17/h3-9,11H,17H2,1-2H3/t11-/m1/s1. The predicted molar refractivity (Wildman–Crippen MR) is 78.0 cm³/mol. The van der Waals surface area contributed by atoms with Gasteiger partial charge in [-0.25, -0.2) is 0 Å². The minimum atomic E-state index is 0.0478. The number of rotatable bonds is 3. The van der Waals surface area contributed by atoms with Gasteiger partial charge in [0, 0.05) is 10.5 Å². The molecule has 0 aliphatic heterocycles. The number of hydrogen-bond acceptors (Lipinski definition) is 2. The van der Waals surface area contributed by atoms with Gasteiger partial charge in [-0.1, -0.05) is 34.1 Å². The van der Waals surface area contributed by atoms with Crippen LogP contribution in [0.15, 0.2) is 46.9 Å². The summed E-state index contributed by atoms with van der Waals surface area (Å²) >= 11 is 3.44. The monoisotopic (exact) mass is 305 g/mol. The van der Waals surface area contributed by atoms with Crippen molar-refractivity contribution in [3.05, 3.63) is 58.1 Å². The van der Waals surface area contributed by atoms with Crippen LogP contribution >= 0.6 is 15.9 Å². The van der Waals surface area contributed by atoms with E-state index < -0.39 is 0 Å². The van der Waals surface area contributed by atoms with Crippen LogP contribution in [0.25, 0.3) is 0 Å². The molecule has 0 aliphatic carbocycles. The van der Waals surface area contributed by atoms with E-state index in [4.69, 9.17) is 10.5 Å². The van der Waals surface area contributed by atoms with Gasteiger partial charge >= 0.3 is 0 Å². The lowest BCUT2D eigenvalue weighted by Crippen LogP contribution is -2.04. The van der Waals surface area contributed by atoms with Crippen molar-refractivity contribution in [2.75, 3.05) is 0 Å². The Morgan fingerprint density at radius 2 is 1.78 bits per heavy atom. The summed E-state index contributed by atoms with van der Waals surface area (Å²) in [5.74, 6) is 1.68. The minimum absolute atomic E-state index is 0.0478. The molecule has 2 rings (SSSR count). The predicted octanol–water partition coefficient (Wildman–Crippen LogP) is 4.57. The van der Waals surface area contributed by atoms with Gasteiger partial charge in [-0.2, -0.15) is 0 Å². The zero-order valence-electron chi connectivity index (χ0n) is 10.5. The van der Waals surface area contributed by atoms with Crippen LogP contribution in [0, 0.1) is 6.92 Å². The molecule has 0 saturated heterocycles. The fourth-order valence-corrected chi connectivity index (χ4v) is 1.99. The summed E-state index contributed by atoms with van der Waals surface area (Å²) in [5.41, 5.74) is 8.02. The highest BCUT2D eigenvalue weighted by Crippen LogP contribution is 2.28. The third-order valence-corrected chi connectivity index (χ3v) is 3.28. The molecule has 0 aromatic heterocycles. The van der Waals surface area contributed by atoms with Crippen molar-refractivity contribution in [2.24, 2.45) is 5.73 Å². The molecule has 0 unspecified atom stereocenters. The molecule has 2 nitrogen and oxygen atoms in total. The fourth-order valence-electron chi connectivity index (χ4n) is 1.65. The topological polar surface area (TPSA) is 35.2 Å². The number of ether oxygens (including phenoxy) is 1. The number of halogens is 1. The molecular formula is C15H16BrNO. The minimum Gasteiger partial charge on any atom is -0.457 e. The van der Waals surface area contributed by atoms with E-state index in [1.54, 1.807) is 0 Å². The first-order chi connectivity index (χ1) is 8.56. The molecule has 0 bridgehead atoms. The number of aryl methyl sites for hydroxylation is 1. The summed E-state index contributed by atoms with van der Waals surface area (Å²) in [6, 6.07) is 13.9. The molecule has 0 fully saturated rings. The van der Waals surface area contributed by atoms with Gasteiger partial charge in [0.15, 0.2) is 0 Å². The Bertz CT molecular complexity index is 535. The van der Waals surface area contributed by atoms with E-state index in [9.17, 15) is 0 Å². The van der Waals surface area contributed by atoms with Gasteiger partial charge in [0.25, 0.3) is 0 Å². The Balaban J connectivity index is 2.21. The first kappa shape index (κ1) is 13.1. The summed E-state index contributed by atoms with van der Waals surface area (Å²) in [4.78, 5) is 0. The molecule has 94 valence electrons. The van der Waals surface area contributed by atoms with Crippen molar-refractivity contribution in [2.45, 2.75) is 19.9 Å². The van der Waals surface area contributed by atoms with E-state index in [0.29, 0.717) is 0 Å². The third-order valence-electron chi connectivity index (χ3n) is 2.78. The summed E-state index contributed by atoms with van der Waals surface area (Å²) in [5, 5.41) is 0. The van der Waals surface area contributed by atoms with Crippen molar-refractivity contribution in [1.82, 2.24) is 0 Å². The van der Waals surface area contributed by atoms with Crippen molar-refractivity contribution < 1.29 is 4.74 Å². The maximum absolute atomic E-state index is 5.85. The SMILES string of the molecule is Cc1ccc(Br)cc1Oc1ccc([C@@H](C)N)cc1. The van der Waals surface area contributed by atoms with Gasteiger partial charge in [0.05, 0.1) is 0 Å². The molecule has 0 heterocycles. The lowest BCUT2D eigenvalue weighted by molar-refractivity contribution is 0.478. The zero-order chi connectivity index (χ0) is 13.1. The van der Waals surface area contributed by atoms with Crippen LogP contribution in [-0.4, -0.2) is 0 Å². The maximum Gasteiger partial charge on any atom is 0.131 e. The van der Waals surface area contributed by atoms with Crippen LogP contribution < -0.4 is 10.5 Å². The number of nitrogens with two attached hydrogens (primary N) is 1. The molecule has 2 aromatic rings. The second-order valence-corrected chi connectivity index (χ2v) is 5.29. The van der Waals surface area contributed by atoms with E-state index in [0.717, 1.165) is 27.1 Å². The van der Waals surface area contributed by atoms with Gasteiger partial charge in [0.1, 0.15) is 11.5 Å². The molecule has 0 radical (unpaired) electrons. The van der Waals surface area contributed by atoms with Gasteiger partial charge in [-0.15, -0.1) is 0 Å². The van der Waals surface area contributed by atoms with Crippen molar-refractivity contribution in [3.8, 4) is 11.5 Å². The van der Waals surface area contributed by atoms with Crippen LogP contribution in [0.3, 0.4) is 0 Å². The van der Waals surface area contributed by atoms with E-state index in [1.165, 1.54) is 0 Å². The van der Waals surface area contributed by atoms with Crippen LogP contribution in [0.4, 0.5) is 0 Å². The number of benzene rings is 2. The van der Waals surface area contributed by atoms with E-state index in [-0.39, 0.29) is 6.04 Å². The molecule has 1 atom stereocenters. The lowest BCUT2D eigenvalue weighted by Gasteiger charge is -2.10. The number of hydrogen-bond donors (Lipinski definition) is 1. The van der Waals surface area contributed by atoms with Gasteiger partial charge in [-0.05, 0) is 49.2 Å². The van der Waals surface area contributed by atoms with Crippen molar-refractivity contribution in [3.63, 3.8) is 0 Å². The third kappa shape index (κ3) is 3.12. The van der Waals surface area contributed by atoms with Gasteiger partial charge < -0.3 is 10.5 Å². The molecule has 2 aromatic carbocycles. The highest BCUT2D eigenvalue weighted by atomic mass is 79.9. The average Bonchev–Trinajstić information content (AvgIpc) is 2.34. The Labute approximate surface area is 116 Å². The average molecular weight is 306 g/mol. The molecule has 2 N–H and O–H groups in total. The van der Waals surface area contributed by atoms with Crippen LogP contribution in [-0.2, 0) is 0 Å². The zero-order valence-corrected chi connectivity index (χ0v) is 12.1. The van der Waals surface area contributed by atoms with Crippen LogP contribution in [0.5, 0.6) is 11.5 Å². The Morgan fingerprint density at radius 3 is 2.39 bits per heavy atom. The van der Waals surface area contributed by atoms with E-state index >= 15 is 0 Å². The maximum atomic E-state index is 5.85. The summed E-state index contributed by atoms with van der Waals surface area (Å²) in [7, 11) is 0. The normalized spacial score (nSPS) is 12.2. The van der Waals surface area contributed by atoms with Crippen LogP contribution in [0.1, 0.15) is 24.1 Å². The molecule has 0 spiro atoms. The van der Waals surface area contributed by atoms with E-state index in [2.05, 4.69) is 15.9 Å². The molecule has 0 aliphatic rings. The smallest absolute Gasteiger partial charge is 0.131 e. The first-order valence-electron chi connectivity index (χ1n) is 5.86. The quantitative estimate of drug-likeness (QED) is 0.901. The largest absolute Gasteiger partial charge is 0.457 e. The summed E-state index contributed by atoms with van der Waals surface area (Å²) in [6.45, 7) is 3.99. The lowest BCUT2D eigenvalue weighted by atomic mass is 10.1. The summed E-state index contributed by atoms with van der Waals surface area (Å²) < 4.78 is 6.86. The Morgan fingerprint density at radius 1 is 1.11 bits per heavy atom. The Hall–Kier alpha value is -1.32.